The zero-order valence-corrected chi connectivity index (χ0v) is 9.69. The third kappa shape index (κ3) is 2.12. The molecule has 0 bridgehead atoms. The molecule has 0 saturated carbocycles. The van der Waals surface area contributed by atoms with Gasteiger partial charge in [-0.1, -0.05) is 12.1 Å². The minimum atomic E-state index is -0.717. The maximum Gasteiger partial charge on any atom is 0.193 e. The van der Waals surface area contributed by atoms with Crippen molar-refractivity contribution in [3.05, 3.63) is 70.4 Å². The molecule has 0 amide bonds. The molecule has 1 heterocycles. The van der Waals surface area contributed by atoms with Crippen molar-refractivity contribution in [1.29, 1.82) is 0 Å². The normalized spacial score (nSPS) is 10.8. The smallest absolute Gasteiger partial charge is 0.193 e. The second-order valence-corrected chi connectivity index (χ2v) is 4.13. The van der Waals surface area contributed by atoms with Gasteiger partial charge in [-0.15, -0.1) is 0 Å². The van der Waals surface area contributed by atoms with Crippen LogP contribution in [-0.4, -0.2) is 0 Å². The first-order valence-electron chi connectivity index (χ1n) is 5.63. The standard InChI is InChI=1S/C15H8F2O2/c16-10-5-9(6-11(17)7-10)15-8-13(18)12-3-1-2-4-14(12)19-15/h1-8H. The van der Waals surface area contributed by atoms with Gasteiger partial charge in [0.25, 0.3) is 0 Å². The number of fused-ring (bicyclic) bond motifs is 1. The number of benzene rings is 2. The molecule has 0 saturated heterocycles. The van der Waals surface area contributed by atoms with Crippen LogP contribution in [0.2, 0.25) is 0 Å². The van der Waals surface area contributed by atoms with Gasteiger partial charge in [0.1, 0.15) is 23.0 Å². The molecule has 0 aliphatic rings. The molecule has 0 N–H and O–H groups in total. The lowest BCUT2D eigenvalue weighted by Crippen LogP contribution is -2.00. The van der Waals surface area contributed by atoms with E-state index < -0.39 is 11.6 Å². The van der Waals surface area contributed by atoms with Crippen LogP contribution in [0.1, 0.15) is 0 Å². The van der Waals surface area contributed by atoms with Crippen molar-refractivity contribution in [3.8, 4) is 11.3 Å². The van der Waals surface area contributed by atoms with Gasteiger partial charge in [0.2, 0.25) is 0 Å². The molecule has 2 aromatic carbocycles. The van der Waals surface area contributed by atoms with Gasteiger partial charge in [-0.3, -0.25) is 4.79 Å². The van der Waals surface area contributed by atoms with Crippen LogP contribution in [0.5, 0.6) is 0 Å². The van der Waals surface area contributed by atoms with Gasteiger partial charge in [0.15, 0.2) is 5.43 Å². The van der Waals surface area contributed by atoms with Gasteiger partial charge >= 0.3 is 0 Å². The maximum atomic E-state index is 13.2. The molecule has 1 aromatic heterocycles. The Kier molecular flexibility index (Phi) is 2.63. The number of hydrogen-bond donors (Lipinski definition) is 0. The molecule has 0 atom stereocenters. The van der Waals surface area contributed by atoms with Crippen molar-refractivity contribution in [2.75, 3.05) is 0 Å². The van der Waals surface area contributed by atoms with E-state index in [0.717, 1.165) is 18.2 Å². The van der Waals surface area contributed by atoms with Crippen molar-refractivity contribution < 1.29 is 13.2 Å². The summed E-state index contributed by atoms with van der Waals surface area (Å²) in [6.45, 7) is 0. The largest absolute Gasteiger partial charge is 0.456 e. The van der Waals surface area contributed by atoms with Crippen molar-refractivity contribution >= 4 is 11.0 Å². The van der Waals surface area contributed by atoms with Crippen molar-refractivity contribution in [3.63, 3.8) is 0 Å². The van der Waals surface area contributed by atoms with Gasteiger partial charge in [-0.2, -0.15) is 0 Å². The monoisotopic (exact) mass is 258 g/mol. The van der Waals surface area contributed by atoms with Crippen LogP contribution in [0.15, 0.2) is 57.7 Å². The summed E-state index contributed by atoms with van der Waals surface area (Å²) in [5.74, 6) is -1.29. The summed E-state index contributed by atoms with van der Waals surface area (Å²) in [5.41, 5.74) is 0.330. The third-order valence-corrected chi connectivity index (χ3v) is 2.78. The lowest BCUT2D eigenvalue weighted by molar-refractivity contribution is 0.578. The first-order valence-corrected chi connectivity index (χ1v) is 5.63. The van der Waals surface area contributed by atoms with Gasteiger partial charge in [0, 0.05) is 17.7 Å². The second kappa shape index (κ2) is 4.31. The average molecular weight is 258 g/mol. The molecule has 0 fully saturated rings. The molecule has 0 aliphatic heterocycles. The minimum absolute atomic E-state index is 0.141. The fourth-order valence-corrected chi connectivity index (χ4v) is 1.94. The van der Waals surface area contributed by atoms with Gasteiger partial charge in [-0.25, -0.2) is 8.78 Å². The molecule has 0 unspecified atom stereocenters. The molecule has 94 valence electrons. The Balaban J connectivity index is 2.28. The van der Waals surface area contributed by atoms with Crippen LogP contribution in [-0.2, 0) is 0 Å². The molecule has 3 rings (SSSR count). The topological polar surface area (TPSA) is 30.2 Å². The van der Waals surface area contributed by atoms with E-state index in [4.69, 9.17) is 4.42 Å². The fourth-order valence-electron chi connectivity index (χ4n) is 1.94. The Labute approximate surface area is 106 Å². The highest BCUT2D eigenvalue weighted by Crippen LogP contribution is 2.23. The number of para-hydroxylation sites is 1. The van der Waals surface area contributed by atoms with E-state index in [2.05, 4.69) is 0 Å². The van der Waals surface area contributed by atoms with E-state index in [-0.39, 0.29) is 16.8 Å². The molecule has 2 nitrogen and oxygen atoms in total. The summed E-state index contributed by atoms with van der Waals surface area (Å²) in [7, 11) is 0. The SMILES string of the molecule is O=c1cc(-c2cc(F)cc(F)c2)oc2ccccc12. The summed E-state index contributed by atoms with van der Waals surface area (Å²) < 4.78 is 31.8. The van der Waals surface area contributed by atoms with Gasteiger partial charge in [-0.05, 0) is 24.3 Å². The van der Waals surface area contributed by atoms with Crippen LogP contribution < -0.4 is 5.43 Å². The molecular formula is C15H8F2O2. The Hall–Kier alpha value is -2.49. The van der Waals surface area contributed by atoms with Crippen molar-refractivity contribution in [2.45, 2.75) is 0 Å². The van der Waals surface area contributed by atoms with Crippen LogP contribution >= 0.6 is 0 Å². The van der Waals surface area contributed by atoms with Crippen LogP contribution in [0, 0.1) is 11.6 Å². The highest BCUT2D eigenvalue weighted by atomic mass is 19.1. The van der Waals surface area contributed by atoms with Crippen LogP contribution in [0.3, 0.4) is 0 Å². The Morgan fingerprint density at radius 3 is 2.32 bits per heavy atom. The average Bonchev–Trinajstić information content (AvgIpc) is 2.37. The summed E-state index contributed by atoms with van der Waals surface area (Å²) >= 11 is 0. The summed E-state index contributed by atoms with van der Waals surface area (Å²) in [4.78, 5) is 11.9. The molecule has 19 heavy (non-hydrogen) atoms. The van der Waals surface area contributed by atoms with E-state index in [1.165, 1.54) is 6.07 Å². The van der Waals surface area contributed by atoms with E-state index in [1.54, 1.807) is 24.3 Å². The lowest BCUT2D eigenvalue weighted by atomic mass is 10.1. The third-order valence-electron chi connectivity index (χ3n) is 2.78. The Morgan fingerprint density at radius 1 is 0.895 bits per heavy atom. The zero-order valence-electron chi connectivity index (χ0n) is 9.69. The number of hydrogen-bond acceptors (Lipinski definition) is 2. The zero-order chi connectivity index (χ0) is 13.4. The summed E-state index contributed by atoms with van der Waals surface area (Å²) in [5, 5.41) is 0.433. The minimum Gasteiger partial charge on any atom is -0.456 e. The van der Waals surface area contributed by atoms with E-state index in [9.17, 15) is 13.6 Å². The highest BCUT2D eigenvalue weighted by Gasteiger charge is 2.09. The predicted molar refractivity (Wildman–Crippen MR) is 67.8 cm³/mol. The molecule has 0 radical (unpaired) electrons. The van der Waals surface area contributed by atoms with E-state index >= 15 is 0 Å². The Morgan fingerprint density at radius 2 is 1.58 bits per heavy atom. The van der Waals surface area contributed by atoms with Crippen molar-refractivity contribution in [2.24, 2.45) is 0 Å². The number of halogens is 2. The Bertz CT molecular complexity index is 801. The molecule has 4 heteroatoms. The van der Waals surface area contributed by atoms with Crippen LogP contribution in [0.4, 0.5) is 8.78 Å². The summed E-state index contributed by atoms with van der Waals surface area (Å²) in [6.07, 6.45) is 0. The highest BCUT2D eigenvalue weighted by molar-refractivity contribution is 5.78. The van der Waals surface area contributed by atoms with Gasteiger partial charge < -0.3 is 4.42 Å². The van der Waals surface area contributed by atoms with E-state index in [0.29, 0.717) is 11.0 Å². The first kappa shape index (κ1) is 11.6. The molecule has 0 spiro atoms. The molecular weight excluding hydrogens is 250 g/mol. The second-order valence-electron chi connectivity index (χ2n) is 4.13. The predicted octanol–water partition coefficient (Wildman–Crippen LogP) is 3.74. The molecule has 0 aliphatic carbocycles. The van der Waals surface area contributed by atoms with Crippen LogP contribution in [0.25, 0.3) is 22.3 Å². The summed E-state index contributed by atoms with van der Waals surface area (Å²) in [6, 6.07) is 11.0. The van der Waals surface area contributed by atoms with E-state index in [1.807, 2.05) is 0 Å². The maximum absolute atomic E-state index is 13.2. The fraction of sp³-hybridized carbons (Fsp3) is 0. The quantitative estimate of drug-likeness (QED) is 0.665. The number of rotatable bonds is 1. The lowest BCUT2D eigenvalue weighted by Gasteiger charge is -2.03. The van der Waals surface area contributed by atoms with Gasteiger partial charge in [0.05, 0.1) is 5.39 Å². The molecule has 3 aromatic rings. The van der Waals surface area contributed by atoms with Crippen molar-refractivity contribution in [1.82, 2.24) is 0 Å². The first-order chi connectivity index (χ1) is 9.13.